The highest BCUT2D eigenvalue weighted by molar-refractivity contribution is 5.25. The van der Waals surface area contributed by atoms with E-state index >= 15 is 0 Å². The van der Waals surface area contributed by atoms with Gasteiger partial charge in [0.15, 0.2) is 0 Å². The van der Waals surface area contributed by atoms with Crippen LogP contribution in [0.2, 0.25) is 0 Å². The van der Waals surface area contributed by atoms with Gasteiger partial charge in [0.2, 0.25) is 0 Å². The summed E-state index contributed by atoms with van der Waals surface area (Å²) in [4.78, 5) is 0. The second kappa shape index (κ2) is 5.85. The maximum Gasteiger partial charge on any atom is 0.0841 e. The average Bonchev–Trinajstić information content (AvgIpc) is 2.75. The third kappa shape index (κ3) is 3.33. The van der Waals surface area contributed by atoms with E-state index in [-0.39, 0.29) is 18.1 Å². The number of aliphatic hydroxyl groups is 1. The van der Waals surface area contributed by atoms with Crippen molar-refractivity contribution in [3.05, 3.63) is 35.4 Å². The number of hydrogen-bond acceptors (Lipinski definition) is 2. The van der Waals surface area contributed by atoms with E-state index in [9.17, 15) is 5.11 Å². The van der Waals surface area contributed by atoms with Crippen molar-refractivity contribution in [1.82, 2.24) is 0 Å². The second-order valence-electron chi connectivity index (χ2n) is 5.92. The molecule has 1 aromatic rings. The molecule has 1 aromatic carbocycles. The first-order valence-corrected chi connectivity index (χ1v) is 6.94. The molecule has 100 valence electrons. The van der Waals surface area contributed by atoms with Gasteiger partial charge in [0.1, 0.15) is 0 Å². The van der Waals surface area contributed by atoms with Crippen LogP contribution in [0.4, 0.5) is 0 Å². The summed E-state index contributed by atoms with van der Waals surface area (Å²) < 4.78 is 5.52. The van der Waals surface area contributed by atoms with Crippen LogP contribution in [0.3, 0.4) is 0 Å². The first-order chi connectivity index (χ1) is 8.56. The Morgan fingerprint density at radius 3 is 2.44 bits per heavy atom. The van der Waals surface area contributed by atoms with Gasteiger partial charge in [-0.3, -0.25) is 0 Å². The molecule has 1 aliphatic heterocycles. The SMILES string of the molecule is CC(C)Cc1ccc(C(O)C2COC(C)C2)cc1. The molecule has 0 saturated carbocycles. The van der Waals surface area contributed by atoms with Crippen LogP contribution in [0.5, 0.6) is 0 Å². The van der Waals surface area contributed by atoms with Gasteiger partial charge in [0.25, 0.3) is 0 Å². The lowest BCUT2D eigenvalue weighted by atomic mass is 9.92. The summed E-state index contributed by atoms with van der Waals surface area (Å²) in [6, 6.07) is 8.40. The van der Waals surface area contributed by atoms with Crippen LogP contribution >= 0.6 is 0 Å². The van der Waals surface area contributed by atoms with E-state index in [1.54, 1.807) is 0 Å². The smallest absolute Gasteiger partial charge is 0.0841 e. The fraction of sp³-hybridized carbons (Fsp3) is 0.625. The number of hydrogen-bond donors (Lipinski definition) is 1. The highest BCUT2D eigenvalue weighted by Crippen LogP contribution is 2.31. The molecular formula is C16H24O2. The first kappa shape index (κ1) is 13.6. The number of rotatable bonds is 4. The Morgan fingerprint density at radius 2 is 1.94 bits per heavy atom. The highest BCUT2D eigenvalue weighted by Gasteiger charge is 2.29. The molecule has 1 aliphatic rings. The summed E-state index contributed by atoms with van der Waals surface area (Å²) in [7, 11) is 0. The standard InChI is InChI=1S/C16H24O2/c1-11(2)8-13-4-6-14(7-5-13)16(17)15-9-12(3)18-10-15/h4-7,11-12,15-17H,8-10H2,1-3H3. The van der Waals surface area contributed by atoms with E-state index in [1.807, 2.05) is 0 Å². The molecule has 3 atom stereocenters. The Bertz CT molecular complexity index is 369. The van der Waals surface area contributed by atoms with Crippen LogP contribution in [0.25, 0.3) is 0 Å². The summed E-state index contributed by atoms with van der Waals surface area (Å²) in [5.74, 6) is 0.917. The fourth-order valence-electron chi connectivity index (χ4n) is 2.66. The second-order valence-corrected chi connectivity index (χ2v) is 5.92. The van der Waals surface area contributed by atoms with Crippen LogP contribution in [-0.2, 0) is 11.2 Å². The molecule has 3 unspecified atom stereocenters. The zero-order chi connectivity index (χ0) is 13.1. The average molecular weight is 248 g/mol. The molecule has 2 rings (SSSR count). The van der Waals surface area contributed by atoms with Crippen molar-refractivity contribution in [3.8, 4) is 0 Å². The Morgan fingerprint density at radius 1 is 1.28 bits per heavy atom. The Hall–Kier alpha value is -0.860. The lowest BCUT2D eigenvalue weighted by Crippen LogP contribution is -2.12. The van der Waals surface area contributed by atoms with E-state index in [4.69, 9.17) is 4.74 Å². The predicted octanol–water partition coefficient (Wildman–Crippen LogP) is 3.34. The number of ether oxygens (including phenoxy) is 1. The van der Waals surface area contributed by atoms with Crippen LogP contribution in [0, 0.1) is 11.8 Å². The molecule has 1 N–H and O–H groups in total. The largest absolute Gasteiger partial charge is 0.388 e. The molecule has 1 saturated heterocycles. The molecule has 0 radical (unpaired) electrons. The minimum absolute atomic E-state index is 0.246. The van der Waals surface area contributed by atoms with Gasteiger partial charge in [0, 0.05) is 5.92 Å². The zero-order valence-electron chi connectivity index (χ0n) is 11.6. The van der Waals surface area contributed by atoms with Gasteiger partial charge >= 0.3 is 0 Å². The molecule has 0 bridgehead atoms. The summed E-state index contributed by atoms with van der Waals surface area (Å²) in [5.41, 5.74) is 2.36. The normalized spacial score (nSPS) is 25.6. The molecular weight excluding hydrogens is 224 g/mol. The molecule has 0 amide bonds. The molecule has 0 aromatic heterocycles. The van der Waals surface area contributed by atoms with Crippen molar-refractivity contribution in [2.24, 2.45) is 11.8 Å². The van der Waals surface area contributed by atoms with E-state index in [2.05, 4.69) is 45.0 Å². The maximum atomic E-state index is 10.3. The Labute approximate surface area is 110 Å². The quantitative estimate of drug-likeness (QED) is 0.885. The molecule has 2 heteroatoms. The molecule has 1 heterocycles. The summed E-state index contributed by atoms with van der Waals surface area (Å²) in [6.45, 7) is 7.19. The topological polar surface area (TPSA) is 29.5 Å². The number of aliphatic hydroxyl groups excluding tert-OH is 1. The van der Waals surface area contributed by atoms with E-state index in [0.717, 1.165) is 18.4 Å². The summed E-state index contributed by atoms with van der Waals surface area (Å²) in [6.07, 6.45) is 1.95. The van der Waals surface area contributed by atoms with E-state index < -0.39 is 0 Å². The van der Waals surface area contributed by atoms with Gasteiger partial charge in [-0.25, -0.2) is 0 Å². The molecule has 0 spiro atoms. The van der Waals surface area contributed by atoms with Gasteiger partial charge in [-0.2, -0.15) is 0 Å². The lowest BCUT2D eigenvalue weighted by molar-refractivity contribution is 0.0804. The molecule has 0 aliphatic carbocycles. The van der Waals surface area contributed by atoms with Crippen molar-refractivity contribution in [1.29, 1.82) is 0 Å². The van der Waals surface area contributed by atoms with Crippen LogP contribution in [-0.4, -0.2) is 17.8 Å². The third-order valence-electron chi connectivity index (χ3n) is 3.64. The van der Waals surface area contributed by atoms with Crippen molar-refractivity contribution in [2.45, 2.75) is 45.8 Å². The molecule has 2 nitrogen and oxygen atoms in total. The zero-order valence-corrected chi connectivity index (χ0v) is 11.6. The van der Waals surface area contributed by atoms with Crippen LogP contribution in [0.15, 0.2) is 24.3 Å². The molecule has 1 fully saturated rings. The Kier molecular flexibility index (Phi) is 4.41. The van der Waals surface area contributed by atoms with E-state index in [1.165, 1.54) is 5.56 Å². The fourth-order valence-corrected chi connectivity index (χ4v) is 2.66. The highest BCUT2D eigenvalue weighted by atomic mass is 16.5. The van der Waals surface area contributed by atoms with Crippen LogP contribution < -0.4 is 0 Å². The van der Waals surface area contributed by atoms with Crippen molar-refractivity contribution < 1.29 is 9.84 Å². The first-order valence-electron chi connectivity index (χ1n) is 6.94. The predicted molar refractivity (Wildman–Crippen MR) is 73.5 cm³/mol. The maximum absolute atomic E-state index is 10.3. The van der Waals surface area contributed by atoms with Crippen molar-refractivity contribution in [2.75, 3.05) is 6.61 Å². The van der Waals surface area contributed by atoms with Gasteiger partial charge in [0.05, 0.1) is 18.8 Å². The lowest BCUT2D eigenvalue weighted by Gasteiger charge is -2.17. The summed E-state index contributed by atoms with van der Waals surface area (Å²) in [5, 5.41) is 10.3. The number of benzene rings is 1. The van der Waals surface area contributed by atoms with Gasteiger partial charge in [-0.1, -0.05) is 38.1 Å². The Balaban J connectivity index is 2.00. The monoisotopic (exact) mass is 248 g/mol. The van der Waals surface area contributed by atoms with Crippen molar-refractivity contribution in [3.63, 3.8) is 0 Å². The van der Waals surface area contributed by atoms with Gasteiger partial charge in [-0.05, 0) is 36.8 Å². The minimum Gasteiger partial charge on any atom is -0.388 e. The van der Waals surface area contributed by atoms with Crippen molar-refractivity contribution >= 4 is 0 Å². The minimum atomic E-state index is -0.386. The van der Waals surface area contributed by atoms with Crippen LogP contribution in [0.1, 0.15) is 44.4 Å². The van der Waals surface area contributed by atoms with E-state index in [0.29, 0.717) is 12.5 Å². The summed E-state index contributed by atoms with van der Waals surface area (Å²) >= 11 is 0. The van der Waals surface area contributed by atoms with Gasteiger partial charge < -0.3 is 9.84 Å². The van der Waals surface area contributed by atoms with Gasteiger partial charge in [-0.15, -0.1) is 0 Å². The third-order valence-corrected chi connectivity index (χ3v) is 3.64. The molecule has 18 heavy (non-hydrogen) atoms.